The maximum absolute atomic E-state index is 13.4. The smallest absolute Gasteiger partial charge is 0.263 e. The van der Waals surface area contributed by atoms with Gasteiger partial charge in [0.2, 0.25) is 0 Å². The van der Waals surface area contributed by atoms with E-state index in [0.717, 1.165) is 54.1 Å². The number of aryl methyl sites for hydroxylation is 2. The van der Waals surface area contributed by atoms with E-state index in [1.165, 1.54) is 19.3 Å². The Morgan fingerprint density at radius 3 is 2.68 bits per heavy atom. The van der Waals surface area contributed by atoms with Gasteiger partial charge in [-0.05, 0) is 39.8 Å². The van der Waals surface area contributed by atoms with Crippen LogP contribution in [-0.4, -0.2) is 53.5 Å². The molecule has 0 spiro atoms. The van der Waals surface area contributed by atoms with Gasteiger partial charge in [0.1, 0.15) is 5.65 Å². The number of piperidine rings is 1. The molecule has 0 amide bonds. The fourth-order valence-electron chi connectivity index (χ4n) is 4.36. The second-order valence-electron chi connectivity index (χ2n) is 7.63. The minimum Gasteiger partial charge on any atom is -0.302 e. The molecular formula is C20H25N7O. The first-order valence-corrected chi connectivity index (χ1v) is 10.1. The summed E-state index contributed by atoms with van der Waals surface area (Å²) in [6.45, 7) is 8.52. The van der Waals surface area contributed by atoms with Gasteiger partial charge in [0.25, 0.3) is 5.56 Å². The van der Waals surface area contributed by atoms with Crippen LogP contribution in [0.3, 0.4) is 0 Å². The molecule has 0 aliphatic carbocycles. The van der Waals surface area contributed by atoms with Gasteiger partial charge in [-0.1, -0.05) is 6.42 Å². The summed E-state index contributed by atoms with van der Waals surface area (Å²) in [5.74, 6) is 0. The minimum absolute atomic E-state index is 0.00180. The molecule has 5 heterocycles. The molecule has 1 fully saturated rings. The highest BCUT2D eigenvalue weighted by atomic mass is 16.1. The lowest BCUT2D eigenvalue weighted by molar-refractivity contribution is 0.221. The summed E-state index contributed by atoms with van der Waals surface area (Å²) in [7, 11) is 0. The van der Waals surface area contributed by atoms with Crippen molar-refractivity contribution in [3.05, 3.63) is 34.5 Å². The fraction of sp³-hybridized carbons (Fsp3) is 0.500. The van der Waals surface area contributed by atoms with Crippen molar-refractivity contribution in [2.45, 2.75) is 46.2 Å². The molecular weight excluding hydrogens is 354 g/mol. The van der Waals surface area contributed by atoms with E-state index in [1.807, 2.05) is 33.7 Å². The lowest BCUT2D eigenvalue weighted by atomic mass is 10.1. The van der Waals surface area contributed by atoms with Gasteiger partial charge in [0, 0.05) is 31.9 Å². The third kappa shape index (κ3) is 2.63. The first-order valence-electron chi connectivity index (χ1n) is 10.1. The van der Waals surface area contributed by atoms with Gasteiger partial charge in [-0.15, -0.1) is 0 Å². The third-order valence-corrected chi connectivity index (χ3v) is 5.80. The van der Waals surface area contributed by atoms with Gasteiger partial charge in [-0.25, -0.2) is 14.2 Å². The number of pyridine rings is 1. The number of likely N-dealkylation sites (tertiary alicyclic amines) is 1. The van der Waals surface area contributed by atoms with E-state index >= 15 is 0 Å². The number of hydrogen-bond acceptors (Lipinski definition) is 5. The van der Waals surface area contributed by atoms with Crippen LogP contribution >= 0.6 is 0 Å². The number of aromatic nitrogens is 6. The Morgan fingerprint density at radius 1 is 1.07 bits per heavy atom. The van der Waals surface area contributed by atoms with Gasteiger partial charge < -0.3 is 4.90 Å². The van der Waals surface area contributed by atoms with Crippen LogP contribution in [-0.2, 0) is 13.1 Å². The topological polar surface area (TPSA) is 73.2 Å². The van der Waals surface area contributed by atoms with E-state index in [2.05, 4.69) is 15.0 Å². The summed E-state index contributed by atoms with van der Waals surface area (Å²) < 4.78 is 5.60. The average Bonchev–Trinajstić information content (AvgIpc) is 3.31. The highest BCUT2D eigenvalue weighted by Crippen LogP contribution is 2.23. The van der Waals surface area contributed by atoms with E-state index in [1.54, 1.807) is 12.4 Å². The molecule has 4 aromatic heterocycles. The normalized spacial score (nSPS) is 15.9. The zero-order chi connectivity index (χ0) is 19.3. The Kier molecular flexibility index (Phi) is 4.16. The van der Waals surface area contributed by atoms with Crippen molar-refractivity contribution in [3.8, 4) is 0 Å². The molecule has 5 rings (SSSR count). The second-order valence-corrected chi connectivity index (χ2v) is 7.63. The minimum atomic E-state index is -0.00180. The van der Waals surface area contributed by atoms with Gasteiger partial charge in [-0.2, -0.15) is 10.2 Å². The van der Waals surface area contributed by atoms with Crippen LogP contribution in [0.4, 0.5) is 0 Å². The van der Waals surface area contributed by atoms with E-state index in [9.17, 15) is 4.79 Å². The van der Waals surface area contributed by atoms with Crippen molar-refractivity contribution in [2.24, 2.45) is 0 Å². The van der Waals surface area contributed by atoms with Gasteiger partial charge in [0.05, 0.1) is 28.2 Å². The summed E-state index contributed by atoms with van der Waals surface area (Å²) >= 11 is 0. The summed E-state index contributed by atoms with van der Waals surface area (Å²) in [6.07, 6.45) is 7.28. The van der Waals surface area contributed by atoms with Crippen molar-refractivity contribution in [3.63, 3.8) is 0 Å². The predicted octanol–water partition coefficient (Wildman–Crippen LogP) is 2.21. The van der Waals surface area contributed by atoms with Crippen LogP contribution in [0.1, 0.15) is 31.9 Å². The number of fused-ring (bicyclic) bond motifs is 5. The van der Waals surface area contributed by atoms with E-state index in [-0.39, 0.29) is 5.56 Å². The number of rotatable bonds is 4. The van der Waals surface area contributed by atoms with Crippen LogP contribution < -0.4 is 5.56 Å². The maximum atomic E-state index is 13.4. The lowest BCUT2D eigenvalue weighted by Crippen LogP contribution is -2.35. The molecule has 0 saturated carbocycles. The SMILES string of the molecule is CCn1ncc2c1ncc1c(=O)n(CCN3CCCCC3)c3cc(C)nn3c12. The Morgan fingerprint density at radius 2 is 1.89 bits per heavy atom. The van der Waals surface area contributed by atoms with Crippen molar-refractivity contribution >= 4 is 27.6 Å². The molecule has 0 aromatic carbocycles. The van der Waals surface area contributed by atoms with E-state index in [4.69, 9.17) is 5.10 Å². The zero-order valence-electron chi connectivity index (χ0n) is 16.4. The molecule has 146 valence electrons. The molecule has 0 radical (unpaired) electrons. The summed E-state index contributed by atoms with van der Waals surface area (Å²) in [6, 6.07) is 1.99. The van der Waals surface area contributed by atoms with Gasteiger partial charge >= 0.3 is 0 Å². The summed E-state index contributed by atoms with van der Waals surface area (Å²) in [4.78, 5) is 20.4. The van der Waals surface area contributed by atoms with Gasteiger partial charge in [0.15, 0.2) is 5.65 Å². The molecule has 1 aliphatic rings. The van der Waals surface area contributed by atoms with Crippen LogP contribution in [0.5, 0.6) is 0 Å². The molecule has 8 heteroatoms. The molecule has 0 bridgehead atoms. The highest BCUT2D eigenvalue weighted by Gasteiger charge is 2.18. The lowest BCUT2D eigenvalue weighted by Gasteiger charge is -2.26. The quantitative estimate of drug-likeness (QED) is 0.544. The van der Waals surface area contributed by atoms with Crippen molar-refractivity contribution in [1.82, 2.24) is 33.8 Å². The van der Waals surface area contributed by atoms with Crippen LogP contribution in [0.2, 0.25) is 0 Å². The largest absolute Gasteiger partial charge is 0.302 e. The highest BCUT2D eigenvalue weighted by molar-refractivity contribution is 6.02. The Labute approximate surface area is 162 Å². The predicted molar refractivity (Wildman–Crippen MR) is 109 cm³/mol. The van der Waals surface area contributed by atoms with Crippen LogP contribution in [0, 0.1) is 6.92 Å². The average molecular weight is 379 g/mol. The standard InChI is InChI=1S/C20H25N7O/c1-3-26-19-15(13-22-26)18-16(12-21-19)20(28)25(17-11-14(2)23-27(17)18)10-9-24-7-5-4-6-8-24/h11-13H,3-10H2,1-2H3. The Balaban J connectivity index is 1.71. The maximum Gasteiger partial charge on any atom is 0.263 e. The summed E-state index contributed by atoms with van der Waals surface area (Å²) in [5, 5.41) is 10.6. The first kappa shape index (κ1) is 17.4. The van der Waals surface area contributed by atoms with Crippen molar-refractivity contribution in [2.75, 3.05) is 19.6 Å². The van der Waals surface area contributed by atoms with Crippen molar-refractivity contribution < 1.29 is 0 Å². The molecule has 1 aliphatic heterocycles. The molecule has 28 heavy (non-hydrogen) atoms. The second kappa shape index (κ2) is 6.70. The van der Waals surface area contributed by atoms with E-state index in [0.29, 0.717) is 11.9 Å². The van der Waals surface area contributed by atoms with Crippen LogP contribution in [0.15, 0.2) is 23.3 Å². The number of hydrogen-bond donors (Lipinski definition) is 0. The molecule has 1 saturated heterocycles. The molecule has 0 unspecified atom stereocenters. The molecule has 0 N–H and O–H groups in total. The van der Waals surface area contributed by atoms with Crippen molar-refractivity contribution in [1.29, 1.82) is 0 Å². The Bertz CT molecular complexity index is 1230. The van der Waals surface area contributed by atoms with E-state index < -0.39 is 0 Å². The van der Waals surface area contributed by atoms with Crippen LogP contribution in [0.25, 0.3) is 27.6 Å². The van der Waals surface area contributed by atoms with Gasteiger partial charge in [-0.3, -0.25) is 9.36 Å². The first-order chi connectivity index (χ1) is 13.7. The fourth-order valence-corrected chi connectivity index (χ4v) is 4.36. The zero-order valence-corrected chi connectivity index (χ0v) is 16.4. The monoisotopic (exact) mass is 379 g/mol. The summed E-state index contributed by atoms with van der Waals surface area (Å²) in [5.41, 5.74) is 3.32. The molecule has 4 aromatic rings. The number of nitrogens with zero attached hydrogens (tertiary/aromatic N) is 7. The Hall–Kier alpha value is -2.74. The molecule has 0 atom stereocenters. The third-order valence-electron chi connectivity index (χ3n) is 5.80. The molecule has 8 nitrogen and oxygen atoms in total.